The van der Waals surface area contributed by atoms with Crippen LogP contribution in [0.3, 0.4) is 0 Å². The van der Waals surface area contributed by atoms with Crippen molar-refractivity contribution in [3.63, 3.8) is 0 Å². The van der Waals surface area contributed by atoms with Gasteiger partial charge in [0.25, 0.3) is 0 Å². The maximum Gasteiger partial charge on any atom is 0.249 e. The van der Waals surface area contributed by atoms with E-state index >= 15 is 0 Å². The minimum atomic E-state index is -0.287. The van der Waals surface area contributed by atoms with Crippen LogP contribution in [-0.4, -0.2) is 49.8 Å². The van der Waals surface area contributed by atoms with E-state index in [1.807, 2.05) is 0 Å². The van der Waals surface area contributed by atoms with Gasteiger partial charge < -0.3 is 20.1 Å². The lowest BCUT2D eigenvalue weighted by Gasteiger charge is -2.47. The highest BCUT2D eigenvalue weighted by atomic mass is 16.5. The van der Waals surface area contributed by atoms with Gasteiger partial charge in [-0.05, 0) is 55.8 Å². The van der Waals surface area contributed by atoms with Crippen LogP contribution < -0.4 is 10.6 Å². The van der Waals surface area contributed by atoms with Gasteiger partial charge in [0.15, 0.2) is 0 Å². The fraction of sp³-hybridized carbons (Fsp3) is 0.900. The zero-order chi connectivity index (χ0) is 18.8. The van der Waals surface area contributed by atoms with E-state index in [2.05, 4.69) is 31.4 Å². The van der Waals surface area contributed by atoms with Crippen molar-refractivity contribution in [2.75, 3.05) is 19.8 Å². The van der Waals surface area contributed by atoms with Gasteiger partial charge in [-0.25, -0.2) is 0 Å². The van der Waals surface area contributed by atoms with Crippen molar-refractivity contribution in [2.24, 2.45) is 10.8 Å². The summed E-state index contributed by atoms with van der Waals surface area (Å²) in [6.45, 7) is 8.70. The lowest BCUT2D eigenvalue weighted by atomic mass is 9.62. The lowest BCUT2D eigenvalue weighted by molar-refractivity contribution is -0.133. The summed E-state index contributed by atoms with van der Waals surface area (Å²) in [5, 5.41) is 6.31. The summed E-state index contributed by atoms with van der Waals surface area (Å²) in [6.07, 6.45) is 5.83. The van der Waals surface area contributed by atoms with Crippen molar-refractivity contribution in [1.29, 1.82) is 0 Å². The van der Waals surface area contributed by atoms with E-state index in [0.29, 0.717) is 19.8 Å². The number of rotatable bonds is 5. The second-order valence-electron chi connectivity index (χ2n) is 9.49. The molecule has 2 heterocycles. The molecule has 4 atom stereocenters. The standard InChI is InChI=1S/C20H34N2O4/c1-19(2)10-14(22-18(24)16-7-5-9-26-16)11-20(3,12-19)13-21-17(23)15-6-4-8-25-15/h14-16H,4-13H2,1-3H3,(H,21,23)(H,22,24). The number of hydrogen-bond acceptors (Lipinski definition) is 4. The van der Waals surface area contributed by atoms with Crippen LogP contribution in [0.25, 0.3) is 0 Å². The molecule has 0 aromatic heterocycles. The third kappa shape index (κ3) is 4.97. The molecule has 3 rings (SSSR count). The van der Waals surface area contributed by atoms with Gasteiger partial charge in [0.2, 0.25) is 11.8 Å². The molecule has 6 heteroatoms. The molecular formula is C20H34N2O4. The molecule has 0 aromatic carbocycles. The van der Waals surface area contributed by atoms with E-state index in [9.17, 15) is 9.59 Å². The quantitative estimate of drug-likeness (QED) is 0.782. The minimum Gasteiger partial charge on any atom is -0.368 e. The van der Waals surface area contributed by atoms with Crippen molar-refractivity contribution in [3.05, 3.63) is 0 Å². The molecule has 3 aliphatic rings. The monoisotopic (exact) mass is 366 g/mol. The predicted molar refractivity (Wildman–Crippen MR) is 98.6 cm³/mol. The zero-order valence-electron chi connectivity index (χ0n) is 16.4. The average Bonchev–Trinajstić information content (AvgIpc) is 3.23. The van der Waals surface area contributed by atoms with Crippen LogP contribution in [0.15, 0.2) is 0 Å². The van der Waals surface area contributed by atoms with Gasteiger partial charge in [-0.15, -0.1) is 0 Å². The lowest BCUT2D eigenvalue weighted by Crippen LogP contribution is -2.52. The van der Waals surface area contributed by atoms with Crippen molar-refractivity contribution in [2.45, 2.75) is 84.0 Å². The van der Waals surface area contributed by atoms with E-state index in [1.54, 1.807) is 0 Å². The molecule has 2 N–H and O–H groups in total. The maximum absolute atomic E-state index is 12.5. The minimum absolute atomic E-state index is 0.00652. The third-order valence-electron chi connectivity index (χ3n) is 5.92. The second-order valence-corrected chi connectivity index (χ2v) is 9.49. The average molecular weight is 367 g/mol. The Morgan fingerprint density at radius 3 is 2.15 bits per heavy atom. The molecule has 1 aliphatic carbocycles. The number of carbonyl (C=O) groups is 2. The fourth-order valence-electron chi connectivity index (χ4n) is 5.15. The Morgan fingerprint density at radius 1 is 0.962 bits per heavy atom. The predicted octanol–water partition coefficient (Wildman–Crippen LogP) is 2.16. The maximum atomic E-state index is 12.5. The molecule has 0 aromatic rings. The van der Waals surface area contributed by atoms with E-state index in [0.717, 1.165) is 44.9 Å². The topological polar surface area (TPSA) is 76.7 Å². The van der Waals surface area contributed by atoms with Crippen molar-refractivity contribution in [1.82, 2.24) is 10.6 Å². The molecule has 4 unspecified atom stereocenters. The number of nitrogens with one attached hydrogen (secondary N) is 2. The first-order valence-corrected chi connectivity index (χ1v) is 10.1. The molecule has 148 valence electrons. The third-order valence-corrected chi connectivity index (χ3v) is 5.92. The number of ether oxygens (including phenoxy) is 2. The summed E-state index contributed by atoms with van der Waals surface area (Å²) in [6, 6.07) is 0.125. The Balaban J connectivity index is 1.56. The molecule has 2 saturated heterocycles. The Morgan fingerprint density at radius 2 is 1.58 bits per heavy atom. The zero-order valence-corrected chi connectivity index (χ0v) is 16.4. The van der Waals surface area contributed by atoms with Gasteiger partial charge in [-0.1, -0.05) is 20.8 Å². The summed E-state index contributed by atoms with van der Waals surface area (Å²) in [5.41, 5.74) is 0.0839. The molecule has 6 nitrogen and oxygen atoms in total. The van der Waals surface area contributed by atoms with Crippen LogP contribution in [0.4, 0.5) is 0 Å². The van der Waals surface area contributed by atoms with Crippen LogP contribution in [0, 0.1) is 10.8 Å². The van der Waals surface area contributed by atoms with Crippen LogP contribution in [-0.2, 0) is 19.1 Å². The fourth-order valence-corrected chi connectivity index (χ4v) is 5.15. The molecule has 26 heavy (non-hydrogen) atoms. The highest BCUT2D eigenvalue weighted by molar-refractivity contribution is 5.81. The molecule has 0 bridgehead atoms. The van der Waals surface area contributed by atoms with Crippen LogP contribution >= 0.6 is 0 Å². The van der Waals surface area contributed by atoms with E-state index in [-0.39, 0.29) is 40.9 Å². The number of amides is 2. The first-order chi connectivity index (χ1) is 12.3. The first-order valence-electron chi connectivity index (χ1n) is 10.1. The Labute approximate surface area is 156 Å². The van der Waals surface area contributed by atoms with E-state index in [1.165, 1.54) is 0 Å². The van der Waals surface area contributed by atoms with Gasteiger partial charge in [0.05, 0.1) is 0 Å². The summed E-state index contributed by atoms with van der Waals surface area (Å²) in [5.74, 6) is 0.0305. The molecule has 2 aliphatic heterocycles. The highest BCUT2D eigenvalue weighted by Crippen LogP contribution is 2.45. The van der Waals surface area contributed by atoms with Crippen LogP contribution in [0.2, 0.25) is 0 Å². The smallest absolute Gasteiger partial charge is 0.249 e. The number of carbonyl (C=O) groups excluding carboxylic acids is 2. The second kappa shape index (κ2) is 7.85. The Hall–Kier alpha value is -1.14. The van der Waals surface area contributed by atoms with E-state index < -0.39 is 0 Å². The van der Waals surface area contributed by atoms with Crippen molar-refractivity contribution in [3.8, 4) is 0 Å². The summed E-state index contributed by atoms with van der Waals surface area (Å²) in [7, 11) is 0. The first kappa shape index (κ1) is 19.6. The largest absolute Gasteiger partial charge is 0.368 e. The summed E-state index contributed by atoms with van der Waals surface area (Å²) in [4.78, 5) is 24.8. The highest BCUT2D eigenvalue weighted by Gasteiger charge is 2.42. The van der Waals surface area contributed by atoms with Crippen molar-refractivity contribution < 1.29 is 19.1 Å². The molecule has 0 radical (unpaired) electrons. The molecule has 2 amide bonds. The van der Waals surface area contributed by atoms with Gasteiger partial charge in [-0.2, -0.15) is 0 Å². The van der Waals surface area contributed by atoms with Gasteiger partial charge >= 0.3 is 0 Å². The van der Waals surface area contributed by atoms with Crippen molar-refractivity contribution >= 4 is 11.8 Å². The summed E-state index contributed by atoms with van der Waals surface area (Å²) < 4.78 is 11.0. The summed E-state index contributed by atoms with van der Waals surface area (Å²) >= 11 is 0. The molecular weight excluding hydrogens is 332 g/mol. The molecule has 0 spiro atoms. The molecule has 1 saturated carbocycles. The Bertz CT molecular complexity index is 524. The van der Waals surface area contributed by atoms with E-state index in [4.69, 9.17) is 9.47 Å². The van der Waals surface area contributed by atoms with Gasteiger partial charge in [0.1, 0.15) is 12.2 Å². The number of hydrogen-bond donors (Lipinski definition) is 2. The van der Waals surface area contributed by atoms with Gasteiger partial charge in [0, 0.05) is 25.8 Å². The Kier molecular flexibility index (Phi) is 5.92. The molecule has 3 fully saturated rings. The van der Waals surface area contributed by atoms with Crippen LogP contribution in [0.1, 0.15) is 65.7 Å². The van der Waals surface area contributed by atoms with Gasteiger partial charge in [-0.3, -0.25) is 9.59 Å². The van der Waals surface area contributed by atoms with Crippen LogP contribution in [0.5, 0.6) is 0 Å². The normalized spacial score (nSPS) is 36.7. The SMILES string of the molecule is CC1(C)CC(NC(=O)C2CCCO2)CC(C)(CNC(=O)C2CCCO2)C1.